The Morgan fingerprint density at radius 3 is 2.63 bits per heavy atom. The van der Waals surface area contributed by atoms with Gasteiger partial charge >= 0.3 is 0 Å². The van der Waals surface area contributed by atoms with Gasteiger partial charge in [-0.3, -0.25) is 4.79 Å². The average molecular weight is 495 g/mol. The smallest absolute Gasteiger partial charge is 0.256 e. The van der Waals surface area contributed by atoms with Crippen molar-refractivity contribution in [2.75, 3.05) is 23.9 Å². The van der Waals surface area contributed by atoms with E-state index in [2.05, 4.69) is 10.4 Å². The minimum absolute atomic E-state index is 0.0224. The molecule has 180 valence electrons. The number of methoxy groups -OCH3 is 1. The predicted octanol–water partition coefficient (Wildman–Crippen LogP) is 4.17. The maximum absolute atomic E-state index is 13.4. The quantitative estimate of drug-likeness (QED) is 0.447. The molecule has 0 saturated carbocycles. The van der Waals surface area contributed by atoms with Crippen LogP contribution in [0.2, 0.25) is 0 Å². The van der Waals surface area contributed by atoms with Gasteiger partial charge in [0.15, 0.2) is 15.5 Å². The Morgan fingerprint density at radius 1 is 1.17 bits per heavy atom. The molecule has 2 aromatic heterocycles. The molecule has 1 amide bonds. The number of carbonyl (C=O) groups is 1. The van der Waals surface area contributed by atoms with Crippen LogP contribution in [0, 0.1) is 12.7 Å². The fourth-order valence-electron chi connectivity index (χ4n) is 4.38. The van der Waals surface area contributed by atoms with Crippen molar-refractivity contribution in [3.05, 3.63) is 71.7 Å². The summed E-state index contributed by atoms with van der Waals surface area (Å²) in [6, 6.07) is 14.1. The number of hydrogen-bond donors (Lipinski definition) is 1. The number of anilines is 1. The third-order valence-corrected chi connectivity index (χ3v) is 7.85. The first-order valence-electron chi connectivity index (χ1n) is 11.1. The van der Waals surface area contributed by atoms with Crippen LogP contribution in [-0.4, -0.2) is 47.7 Å². The lowest BCUT2D eigenvalue weighted by Gasteiger charge is -2.13. The van der Waals surface area contributed by atoms with Crippen LogP contribution in [0.5, 0.6) is 5.75 Å². The summed E-state index contributed by atoms with van der Waals surface area (Å²) >= 11 is 0. The first-order chi connectivity index (χ1) is 16.7. The zero-order valence-electron chi connectivity index (χ0n) is 19.2. The van der Waals surface area contributed by atoms with Gasteiger partial charge in [0.25, 0.3) is 5.91 Å². The molecule has 3 heterocycles. The Balaban J connectivity index is 1.68. The third-order valence-electron chi connectivity index (χ3n) is 6.10. The molecular weight excluding hydrogens is 471 g/mol. The maximum Gasteiger partial charge on any atom is 0.256 e. The van der Waals surface area contributed by atoms with Gasteiger partial charge in [0.2, 0.25) is 0 Å². The molecule has 1 N–H and O–H groups in total. The molecule has 0 radical (unpaired) electrons. The largest absolute Gasteiger partial charge is 0.497 e. The van der Waals surface area contributed by atoms with Crippen molar-refractivity contribution < 1.29 is 22.3 Å². The molecular formula is C25H23FN4O4S. The first kappa shape index (κ1) is 23.0. The van der Waals surface area contributed by atoms with Gasteiger partial charge in [-0.1, -0.05) is 12.1 Å². The zero-order valence-corrected chi connectivity index (χ0v) is 20.0. The van der Waals surface area contributed by atoms with E-state index in [-0.39, 0.29) is 17.5 Å². The lowest BCUT2D eigenvalue weighted by atomic mass is 10.0. The second kappa shape index (κ2) is 8.77. The van der Waals surface area contributed by atoms with E-state index in [1.165, 1.54) is 24.3 Å². The van der Waals surface area contributed by atoms with E-state index in [9.17, 15) is 17.6 Å². The number of pyridine rings is 1. The lowest BCUT2D eigenvalue weighted by Crippen LogP contribution is -2.15. The number of nitrogens with zero attached hydrogens (tertiary/aromatic N) is 3. The Morgan fingerprint density at radius 2 is 1.94 bits per heavy atom. The van der Waals surface area contributed by atoms with Crippen molar-refractivity contribution in [3.63, 3.8) is 0 Å². The molecule has 2 aromatic carbocycles. The second-order valence-corrected chi connectivity index (χ2v) is 10.8. The molecule has 8 nitrogen and oxygen atoms in total. The minimum Gasteiger partial charge on any atom is -0.497 e. The van der Waals surface area contributed by atoms with E-state index in [4.69, 9.17) is 9.72 Å². The molecule has 10 heteroatoms. The molecule has 1 unspecified atom stereocenters. The summed E-state index contributed by atoms with van der Waals surface area (Å²) in [6.07, 6.45) is 0.431. The minimum atomic E-state index is -3.16. The normalized spacial score (nSPS) is 16.9. The van der Waals surface area contributed by atoms with Gasteiger partial charge in [0.05, 0.1) is 47.0 Å². The monoisotopic (exact) mass is 494 g/mol. The molecule has 0 aliphatic carbocycles. The molecule has 0 spiro atoms. The van der Waals surface area contributed by atoms with E-state index in [0.29, 0.717) is 45.8 Å². The van der Waals surface area contributed by atoms with Crippen LogP contribution < -0.4 is 10.1 Å². The summed E-state index contributed by atoms with van der Waals surface area (Å²) < 4.78 is 44.6. The summed E-state index contributed by atoms with van der Waals surface area (Å²) in [5.74, 6) is -0.113. The van der Waals surface area contributed by atoms with Gasteiger partial charge < -0.3 is 10.1 Å². The molecule has 1 atom stereocenters. The maximum atomic E-state index is 13.4. The van der Waals surface area contributed by atoms with Crippen molar-refractivity contribution in [1.82, 2.24) is 14.8 Å². The fraction of sp³-hybridized carbons (Fsp3) is 0.240. The highest BCUT2D eigenvalue weighted by Gasteiger charge is 2.32. The molecule has 1 aliphatic heterocycles. The van der Waals surface area contributed by atoms with Crippen molar-refractivity contribution >= 4 is 32.5 Å². The number of carbonyl (C=O) groups excluding carboxylic acids is 1. The lowest BCUT2D eigenvalue weighted by molar-refractivity contribution is 0.102. The number of ether oxygens (including phenoxy) is 1. The molecule has 0 bridgehead atoms. The Bertz CT molecular complexity index is 1550. The van der Waals surface area contributed by atoms with Crippen LogP contribution in [-0.2, 0) is 9.84 Å². The number of halogens is 1. The zero-order chi connectivity index (χ0) is 24.7. The third kappa shape index (κ3) is 4.49. The summed E-state index contributed by atoms with van der Waals surface area (Å²) in [5, 5.41) is 7.95. The van der Waals surface area contributed by atoms with Crippen LogP contribution in [0.3, 0.4) is 0 Å². The number of hydrogen-bond acceptors (Lipinski definition) is 6. The Labute approximate surface area is 201 Å². The molecule has 5 rings (SSSR count). The fourth-order valence-corrected chi connectivity index (χ4v) is 6.07. The van der Waals surface area contributed by atoms with Gasteiger partial charge in [-0.25, -0.2) is 22.5 Å². The van der Waals surface area contributed by atoms with Crippen molar-refractivity contribution in [3.8, 4) is 17.0 Å². The number of aromatic nitrogens is 3. The van der Waals surface area contributed by atoms with Gasteiger partial charge in [0, 0.05) is 11.3 Å². The highest BCUT2D eigenvalue weighted by atomic mass is 32.2. The number of rotatable bonds is 5. The van der Waals surface area contributed by atoms with Gasteiger partial charge in [-0.2, -0.15) is 5.10 Å². The number of sulfone groups is 1. The molecule has 35 heavy (non-hydrogen) atoms. The van der Waals surface area contributed by atoms with E-state index in [0.717, 1.165) is 5.56 Å². The molecule has 4 aromatic rings. The summed E-state index contributed by atoms with van der Waals surface area (Å²) in [6.45, 7) is 1.77. The molecule has 1 aliphatic rings. The number of fused-ring (bicyclic) bond motifs is 1. The van der Waals surface area contributed by atoms with Crippen LogP contribution in [0.15, 0.2) is 54.6 Å². The van der Waals surface area contributed by atoms with E-state index in [1.807, 2.05) is 24.3 Å². The standard InChI is InChI=1S/C25H23FN4O4S/c1-15-23-21(25(31)27-18-8-6-17(26)7-9-18)13-22(16-4-3-5-20(12-16)34-2)28-24(23)30(29-15)19-10-11-35(32,33)14-19/h3-9,12-13,19H,10-11,14H2,1-2H3,(H,27,31). The van der Waals surface area contributed by atoms with Gasteiger partial charge in [-0.05, 0) is 55.8 Å². The summed E-state index contributed by atoms with van der Waals surface area (Å²) in [5.41, 5.74) is 3.03. The number of amides is 1. The summed E-state index contributed by atoms with van der Waals surface area (Å²) in [4.78, 5) is 18.2. The van der Waals surface area contributed by atoms with E-state index >= 15 is 0 Å². The SMILES string of the molecule is COc1cccc(-c2cc(C(=O)Nc3ccc(F)cc3)c3c(C)nn(C4CCS(=O)(=O)C4)c3n2)c1. The van der Waals surface area contributed by atoms with Crippen molar-refractivity contribution in [2.24, 2.45) is 0 Å². The van der Waals surface area contributed by atoms with E-state index < -0.39 is 21.6 Å². The van der Waals surface area contributed by atoms with Gasteiger partial charge in [0.1, 0.15) is 11.6 Å². The number of benzene rings is 2. The topological polar surface area (TPSA) is 103 Å². The van der Waals surface area contributed by atoms with E-state index in [1.54, 1.807) is 24.8 Å². The summed E-state index contributed by atoms with van der Waals surface area (Å²) in [7, 11) is -1.59. The van der Waals surface area contributed by atoms with Crippen LogP contribution in [0.25, 0.3) is 22.3 Å². The van der Waals surface area contributed by atoms with Gasteiger partial charge in [-0.15, -0.1) is 0 Å². The predicted molar refractivity (Wildman–Crippen MR) is 131 cm³/mol. The Hall–Kier alpha value is -3.79. The molecule has 1 fully saturated rings. The van der Waals surface area contributed by atoms with Crippen LogP contribution in [0.4, 0.5) is 10.1 Å². The number of nitrogens with one attached hydrogen (secondary N) is 1. The average Bonchev–Trinajstić information content (AvgIpc) is 3.38. The van der Waals surface area contributed by atoms with Crippen molar-refractivity contribution in [2.45, 2.75) is 19.4 Å². The first-order valence-corrected chi connectivity index (χ1v) is 12.9. The molecule has 1 saturated heterocycles. The van der Waals surface area contributed by atoms with Crippen LogP contribution >= 0.6 is 0 Å². The highest BCUT2D eigenvalue weighted by molar-refractivity contribution is 7.91. The number of aryl methyl sites for hydroxylation is 1. The van der Waals surface area contributed by atoms with Crippen molar-refractivity contribution in [1.29, 1.82) is 0 Å². The van der Waals surface area contributed by atoms with Crippen LogP contribution in [0.1, 0.15) is 28.5 Å². The Kier molecular flexibility index (Phi) is 5.76. The second-order valence-electron chi connectivity index (χ2n) is 8.53. The highest BCUT2D eigenvalue weighted by Crippen LogP contribution is 2.33.